The molecule has 4 rings (SSSR count). The summed E-state index contributed by atoms with van der Waals surface area (Å²) in [6, 6.07) is 13.5. The quantitative estimate of drug-likeness (QED) is 0.750. The third kappa shape index (κ3) is 4.43. The van der Waals surface area contributed by atoms with Crippen LogP contribution in [0.3, 0.4) is 0 Å². The summed E-state index contributed by atoms with van der Waals surface area (Å²) < 4.78 is 0. The van der Waals surface area contributed by atoms with Crippen LogP contribution >= 0.6 is 11.6 Å². The first-order chi connectivity index (χ1) is 13.2. The van der Waals surface area contributed by atoms with E-state index in [1.165, 1.54) is 5.56 Å². The monoisotopic (exact) mass is 380 g/mol. The van der Waals surface area contributed by atoms with Gasteiger partial charge in [-0.15, -0.1) is 0 Å². The number of aromatic nitrogens is 2. The van der Waals surface area contributed by atoms with Gasteiger partial charge in [0.1, 0.15) is 0 Å². The van der Waals surface area contributed by atoms with E-state index >= 15 is 0 Å². The molecule has 1 N–H and O–H groups in total. The molecule has 5 nitrogen and oxygen atoms in total. The van der Waals surface area contributed by atoms with Gasteiger partial charge in [0.15, 0.2) is 0 Å². The second-order valence-electron chi connectivity index (χ2n) is 6.93. The fourth-order valence-corrected chi connectivity index (χ4v) is 3.66. The number of fused-ring (bicyclic) bond motifs is 1. The van der Waals surface area contributed by atoms with E-state index < -0.39 is 0 Å². The van der Waals surface area contributed by atoms with Gasteiger partial charge in [0, 0.05) is 42.1 Å². The van der Waals surface area contributed by atoms with Crippen LogP contribution in [0.4, 0.5) is 0 Å². The number of likely N-dealkylation sites (tertiary alicyclic amines) is 1. The number of piperidine rings is 1. The lowest BCUT2D eigenvalue weighted by atomic mass is 10.0. The Morgan fingerprint density at radius 2 is 1.89 bits per heavy atom. The van der Waals surface area contributed by atoms with E-state index in [9.17, 15) is 4.79 Å². The van der Waals surface area contributed by atoms with Crippen LogP contribution in [-0.4, -0.2) is 39.9 Å². The Morgan fingerprint density at radius 3 is 2.70 bits per heavy atom. The zero-order valence-electron chi connectivity index (χ0n) is 14.9. The fourth-order valence-electron chi connectivity index (χ4n) is 3.54. The van der Waals surface area contributed by atoms with Gasteiger partial charge in [-0.3, -0.25) is 19.7 Å². The highest BCUT2D eigenvalue weighted by molar-refractivity contribution is 6.30. The van der Waals surface area contributed by atoms with Crippen molar-refractivity contribution in [3.8, 4) is 0 Å². The predicted octanol–water partition coefficient (Wildman–Crippen LogP) is 3.68. The van der Waals surface area contributed by atoms with Crippen LogP contribution in [-0.2, 0) is 6.54 Å². The molecule has 1 saturated heterocycles. The molecule has 0 saturated carbocycles. The number of carbonyl (C=O) groups is 1. The molecule has 3 aromatic rings. The maximum absolute atomic E-state index is 12.7. The Balaban J connectivity index is 1.39. The lowest BCUT2D eigenvalue weighted by Gasteiger charge is -2.33. The molecule has 6 heteroatoms. The summed E-state index contributed by atoms with van der Waals surface area (Å²) in [5, 5.41) is 3.93. The topological polar surface area (TPSA) is 58.1 Å². The number of halogens is 1. The molecule has 0 radical (unpaired) electrons. The summed E-state index contributed by atoms with van der Waals surface area (Å²) in [5.41, 5.74) is 3.39. The van der Waals surface area contributed by atoms with Crippen molar-refractivity contribution in [2.24, 2.45) is 0 Å². The van der Waals surface area contributed by atoms with Crippen molar-refractivity contribution in [3.05, 3.63) is 71.0 Å². The fraction of sp³-hybridized carbons (Fsp3) is 0.286. The first-order valence-corrected chi connectivity index (χ1v) is 9.53. The first-order valence-electron chi connectivity index (χ1n) is 9.16. The standard InChI is InChI=1S/C21H21ClN4O/c22-17-6-3-15(4-7-17)13-26-11-1-2-18(14-26)25-21(27)16-5-8-19-20(12-16)24-10-9-23-19/h3-10,12,18H,1-2,11,13-14H2,(H,25,27). The van der Waals surface area contributed by atoms with Crippen molar-refractivity contribution >= 4 is 28.5 Å². The van der Waals surface area contributed by atoms with E-state index in [1.807, 2.05) is 18.2 Å². The minimum Gasteiger partial charge on any atom is -0.348 e. The molecule has 1 unspecified atom stereocenters. The Morgan fingerprint density at radius 1 is 1.11 bits per heavy atom. The highest BCUT2D eigenvalue weighted by Gasteiger charge is 2.22. The Hall–Kier alpha value is -2.50. The van der Waals surface area contributed by atoms with Crippen LogP contribution in [0.2, 0.25) is 5.02 Å². The molecule has 138 valence electrons. The first kappa shape index (κ1) is 17.9. The molecule has 1 amide bonds. The summed E-state index contributed by atoms with van der Waals surface area (Å²) in [7, 11) is 0. The lowest BCUT2D eigenvalue weighted by molar-refractivity contribution is 0.0901. The molecule has 1 aromatic heterocycles. The van der Waals surface area contributed by atoms with Crippen LogP contribution in [0.1, 0.15) is 28.8 Å². The normalized spacial score (nSPS) is 17.7. The van der Waals surface area contributed by atoms with Crippen molar-refractivity contribution < 1.29 is 4.79 Å². The van der Waals surface area contributed by atoms with Gasteiger partial charge in [0.05, 0.1) is 11.0 Å². The Bertz CT molecular complexity index is 944. The van der Waals surface area contributed by atoms with E-state index in [0.29, 0.717) is 5.56 Å². The average molecular weight is 381 g/mol. The molecule has 2 heterocycles. The maximum Gasteiger partial charge on any atom is 0.251 e. The van der Waals surface area contributed by atoms with Crippen LogP contribution in [0.25, 0.3) is 11.0 Å². The van der Waals surface area contributed by atoms with Crippen molar-refractivity contribution in [1.29, 1.82) is 0 Å². The average Bonchev–Trinajstić information content (AvgIpc) is 2.69. The number of rotatable bonds is 4. The molecular formula is C21H21ClN4O. The second-order valence-corrected chi connectivity index (χ2v) is 7.37. The lowest BCUT2D eigenvalue weighted by Crippen LogP contribution is -2.47. The molecular weight excluding hydrogens is 360 g/mol. The van der Waals surface area contributed by atoms with Crippen LogP contribution in [0.5, 0.6) is 0 Å². The van der Waals surface area contributed by atoms with Gasteiger partial charge in [-0.05, 0) is 55.3 Å². The van der Waals surface area contributed by atoms with Crippen molar-refractivity contribution in [3.63, 3.8) is 0 Å². The number of hydrogen-bond donors (Lipinski definition) is 1. The molecule has 0 spiro atoms. The van der Waals surface area contributed by atoms with E-state index in [-0.39, 0.29) is 11.9 Å². The van der Waals surface area contributed by atoms with Crippen molar-refractivity contribution in [1.82, 2.24) is 20.2 Å². The molecule has 0 aliphatic carbocycles. The number of carbonyl (C=O) groups excluding carboxylic acids is 1. The SMILES string of the molecule is O=C(NC1CCCN(Cc2ccc(Cl)cc2)C1)c1ccc2nccnc2c1. The van der Waals surface area contributed by atoms with E-state index in [4.69, 9.17) is 11.6 Å². The van der Waals surface area contributed by atoms with Gasteiger partial charge >= 0.3 is 0 Å². The number of benzene rings is 2. The number of nitrogens with zero attached hydrogens (tertiary/aromatic N) is 3. The van der Waals surface area contributed by atoms with Gasteiger partial charge in [-0.1, -0.05) is 23.7 Å². The highest BCUT2D eigenvalue weighted by atomic mass is 35.5. The summed E-state index contributed by atoms with van der Waals surface area (Å²) in [6.45, 7) is 2.76. The summed E-state index contributed by atoms with van der Waals surface area (Å²) >= 11 is 5.96. The number of nitrogens with one attached hydrogen (secondary N) is 1. The molecule has 1 aliphatic rings. The van der Waals surface area contributed by atoms with Crippen LogP contribution < -0.4 is 5.32 Å². The highest BCUT2D eigenvalue weighted by Crippen LogP contribution is 2.17. The Labute approximate surface area is 163 Å². The second kappa shape index (κ2) is 8.03. The Kier molecular flexibility index (Phi) is 5.32. The smallest absolute Gasteiger partial charge is 0.251 e. The minimum atomic E-state index is -0.0547. The van der Waals surface area contributed by atoms with Crippen LogP contribution in [0, 0.1) is 0 Å². The molecule has 0 bridgehead atoms. The van der Waals surface area contributed by atoms with Crippen molar-refractivity contribution in [2.45, 2.75) is 25.4 Å². The third-order valence-electron chi connectivity index (χ3n) is 4.89. The van der Waals surface area contributed by atoms with Gasteiger partial charge in [-0.2, -0.15) is 0 Å². The van der Waals surface area contributed by atoms with E-state index in [1.54, 1.807) is 24.5 Å². The molecule has 1 atom stereocenters. The predicted molar refractivity (Wildman–Crippen MR) is 107 cm³/mol. The largest absolute Gasteiger partial charge is 0.348 e. The minimum absolute atomic E-state index is 0.0547. The van der Waals surface area contributed by atoms with Crippen molar-refractivity contribution in [2.75, 3.05) is 13.1 Å². The molecule has 2 aromatic carbocycles. The molecule has 1 fully saturated rings. The van der Waals surface area contributed by atoms with Gasteiger partial charge < -0.3 is 5.32 Å². The van der Waals surface area contributed by atoms with Gasteiger partial charge in [0.2, 0.25) is 0 Å². The number of hydrogen-bond acceptors (Lipinski definition) is 4. The van der Waals surface area contributed by atoms with Gasteiger partial charge in [-0.25, -0.2) is 0 Å². The van der Waals surface area contributed by atoms with E-state index in [0.717, 1.165) is 48.5 Å². The zero-order chi connectivity index (χ0) is 18.6. The maximum atomic E-state index is 12.7. The molecule has 1 aliphatic heterocycles. The zero-order valence-corrected chi connectivity index (χ0v) is 15.7. The summed E-state index contributed by atoms with van der Waals surface area (Å²) in [4.78, 5) is 23.6. The third-order valence-corrected chi connectivity index (χ3v) is 5.14. The number of amides is 1. The van der Waals surface area contributed by atoms with E-state index in [2.05, 4.69) is 32.3 Å². The van der Waals surface area contributed by atoms with Gasteiger partial charge in [0.25, 0.3) is 5.91 Å². The summed E-state index contributed by atoms with van der Waals surface area (Å²) in [6.07, 6.45) is 5.36. The van der Waals surface area contributed by atoms with Crippen LogP contribution in [0.15, 0.2) is 54.9 Å². The molecule has 27 heavy (non-hydrogen) atoms. The summed E-state index contributed by atoms with van der Waals surface area (Å²) in [5.74, 6) is -0.0547.